The van der Waals surface area contributed by atoms with Crippen LogP contribution in [0.15, 0.2) is 30.6 Å². The molecule has 0 atom stereocenters. The Labute approximate surface area is 108 Å². The number of anilines is 1. The van der Waals surface area contributed by atoms with Gasteiger partial charge in [0.2, 0.25) is 0 Å². The third kappa shape index (κ3) is 2.02. The van der Waals surface area contributed by atoms with Gasteiger partial charge in [-0.2, -0.15) is 5.10 Å². The molecule has 5 nitrogen and oxygen atoms in total. The molecule has 1 aromatic carbocycles. The van der Waals surface area contributed by atoms with E-state index in [0.717, 1.165) is 22.4 Å². The summed E-state index contributed by atoms with van der Waals surface area (Å²) in [5, 5.41) is 4.75. The Bertz CT molecular complexity index is 688. The van der Waals surface area contributed by atoms with Gasteiger partial charge in [0.1, 0.15) is 0 Å². The Kier molecular flexibility index (Phi) is 2.64. The lowest BCUT2D eigenvalue weighted by Crippen LogP contribution is -1.92. The van der Waals surface area contributed by atoms with E-state index in [4.69, 9.17) is 10.5 Å². The number of hydrogen-bond acceptors (Lipinski definition) is 5. The molecule has 0 aliphatic heterocycles. The Morgan fingerprint density at radius 3 is 3.11 bits per heavy atom. The number of benzene rings is 1. The van der Waals surface area contributed by atoms with E-state index in [1.54, 1.807) is 10.9 Å². The van der Waals surface area contributed by atoms with Crippen LogP contribution in [-0.2, 0) is 6.54 Å². The van der Waals surface area contributed by atoms with Crippen LogP contribution in [-0.4, -0.2) is 14.8 Å². The highest BCUT2D eigenvalue weighted by Crippen LogP contribution is 2.32. The lowest BCUT2D eigenvalue weighted by atomic mass is 10.3. The standard InChI is InChI=1S/C12H12N4OS/c1-2-16-7-9(6-14-16)17-12-15-10-4-3-8(13)5-11(10)18-12/h3-7H,2,13H2,1H3. The Balaban J connectivity index is 1.90. The van der Waals surface area contributed by atoms with Crippen LogP contribution in [0, 0.1) is 0 Å². The second kappa shape index (κ2) is 4.30. The van der Waals surface area contributed by atoms with E-state index >= 15 is 0 Å². The first-order chi connectivity index (χ1) is 8.74. The smallest absolute Gasteiger partial charge is 0.279 e. The van der Waals surface area contributed by atoms with E-state index in [0.29, 0.717) is 10.9 Å². The fourth-order valence-corrected chi connectivity index (χ4v) is 2.52. The molecule has 0 aliphatic carbocycles. The van der Waals surface area contributed by atoms with Crippen LogP contribution >= 0.6 is 11.3 Å². The highest BCUT2D eigenvalue weighted by atomic mass is 32.1. The molecule has 0 bridgehead atoms. The maximum Gasteiger partial charge on any atom is 0.279 e. The number of nitrogens with two attached hydrogens (primary N) is 1. The maximum absolute atomic E-state index is 5.73. The van der Waals surface area contributed by atoms with Crippen molar-refractivity contribution in [2.24, 2.45) is 0 Å². The maximum atomic E-state index is 5.73. The molecule has 0 fully saturated rings. The number of rotatable bonds is 3. The predicted molar refractivity (Wildman–Crippen MR) is 72.0 cm³/mol. The molecule has 0 spiro atoms. The van der Waals surface area contributed by atoms with Crippen LogP contribution in [0.2, 0.25) is 0 Å². The van der Waals surface area contributed by atoms with Crippen molar-refractivity contribution in [3.8, 4) is 10.9 Å². The van der Waals surface area contributed by atoms with Gasteiger partial charge in [-0.3, -0.25) is 4.68 Å². The molecule has 2 aromatic heterocycles. The first-order valence-corrected chi connectivity index (χ1v) is 6.42. The molecule has 0 saturated heterocycles. The fraction of sp³-hybridized carbons (Fsp3) is 0.167. The molecule has 92 valence electrons. The Morgan fingerprint density at radius 2 is 2.33 bits per heavy atom. The summed E-state index contributed by atoms with van der Waals surface area (Å²) in [6.07, 6.45) is 3.53. The van der Waals surface area contributed by atoms with Gasteiger partial charge in [-0.1, -0.05) is 11.3 Å². The van der Waals surface area contributed by atoms with Gasteiger partial charge in [0.25, 0.3) is 5.19 Å². The van der Waals surface area contributed by atoms with Crippen molar-refractivity contribution in [2.75, 3.05) is 5.73 Å². The second-order valence-electron chi connectivity index (χ2n) is 3.84. The van der Waals surface area contributed by atoms with Crippen LogP contribution in [0.25, 0.3) is 10.2 Å². The highest BCUT2D eigenvalue weighted by molar-refractivity contribution is 7.20. The summed E-state index contributed by atoms with van der Waals surface area (Å²) >= 11 is 1.47. The highest BCUT2D eigenvalue weighted by Gasteiger charge is 2.07. The number of aryl methyl sites for hydroxylation is 1. The van der Waals surface area contributed by atoms with E-state index < -0.39 is 0 Å². The SMILES string of the molecule is CCn1cc(Oc2nc3ccc(N)cc3s2)cn1. The number of thiazole rings is 1. The molecule has 3 aromatic rings. The summed E-state index contributed by atoms with van der Waals surface area (Å²) < 4.78 is 8.50. The molecule has 0 saturated carbocycles. The quantitative estimate of drug-likeness (QED) is 0.735. The molecular formula is C12H12N4OS. The summed E-state index contributed by atoms with van der Waals surface area (Å²) in [6.45, 7) is 2.84. The fourth-order valence-electron chi connectivity index (χ4n) is 1.63. The first-order valence-electron chi connectivity index (χ1n) is 5.61. The molecule has 3 rings (SSSR count). The van der Waals surface area contributed by atoms with Crippen molar-refractivity contribution < 1.29 is 4.74 Å². The number of hydrogen-bond donors (Lipinski definition) is 1. The largest absolute Gasteiger partial charge is 0.428 e. The number of nitrogens with zero attached hydrogens (tertiary/aromatic N) is 3. The van der Waals surface area contributed by atoms with Crippen molar-refractivity contribution in [1.82, 2.24) is 14.8 Å². The van der Waals surface area contributed by atoms with Gasteiger partial charge in [-0.25, -0.2) is 4.98 Å². The number of fused-ring (bicyclic) bond motifs is 1. The average Bonchev–Trinajstić information content (AvgIpc) is 2.95. The summed E-state index contributed by atoms with van der Waals surface area (Å²) in [7, 11) is 0. The molecule has 0 aliphatic rings. The summed E-state index contributed by atoms with van der Waals surface area (Å²) in [4.78, 5) is 4.39. The number of ether oxygens (including phenoxy) is 1. The predicted octanol–water partition coefficient (Wildman–Crippen LogP) is 2.89. The summed E-state index contributed by atoms with van der Waals surface area (Å²) in [5.41, 5.74) is 7.36. The van der Waals surface area contributed by atoms with Crippen LogP contribution < -0.4 is 10.5 Å². The first kappa shape index (κ1) is 11.0. The summed E-state index contributed by atoms with van der Waals surface area (Å²) in [6, 6.07) is 5.62. The topological polar surface area (TPSA) is 66.0 Å². The zero-order valence-electron chi connectivity index (χ0n) is 9.83. The van der Waals surface area contributed by atoms with Crippen LogP contribution in [0.3, 0.4) is 0 Å². The minimum atomic E-state index is 0.603. The van der Waals surface area contributed by atoms with E-state index in [1.807, 2.05) is 31.3 Å². The molecule has 2 N–H and O–H groups in total. The van der Waals surface area contributed by atoms with Crippen molar-refractivity contribution in [3.05, 3.63) is 30.6 Å². The van der Waals surface area contributed by atoms with E-state index in [9.17, 15) is 0 Å². The monoisotopic (exact) mass is 260 g/mol. The van der Waals surface area contributed by atoms with Gasteiger partial charge in [-0.15, -0.1) is 0 Å². The lowest BCUT2D eigenvalue weighted by molar-refractivity contribution is 0.479. The van der Waals surface area contributed by atoms with Crippen LogP contribution in [0.5, 0.6) is 10.9 Å². The zero-order chi connectivity index (χ0) is 12.5. The van der Waals surface area contributed by atoms with E-state index in [2.05, 4.69) is 10.1 Å². The van der Waals surface area contributed by atoms with Gasteiger partial charge in [0.15, 0.2) is 5.75 Å². The Morgan fingerprint density at radius 1 is 1.44 bits per heavy atom. The van der Waals surface area contributed by atoms with Gasteiger partial charge in [-0.05, 0) is 25.1 Å². The van der Waals surface area contributed by atoms with Gasteiger partial charge < -0.3 is 10.5 Å². The number of nitrogen functional groups attached to an aromatic ring is 1. The number of aromatic nitrogens is 3. The molecule has 2 heterocycles. The third-order valence-electron chi connectivity index (χ3n) is 2.53. The third-order valence-corrected chi connectivity index (χ3v) is 3.43. The van der Waals surface area contributed by atoms with Gasteiger partial charge in [0.05, 0.1) is 22.6 Å². The van der Waals surface area contributed by atoms with E-state index in [1.165, 1.54) is 11.3 Å². The molecule has 0 unspecified atom stereocenters. The molecule has 6 heteroatoms. The molecular weight excluding hydrogens is 248 g/mol. The molecule has 18 heavy (non-hydrogen) atoms. The van der Waals surface area contributed by atoms with E-state index in [-0.39, 0.29) is 0 Å². The molecule has 0 amide bonds. The van der Waals surface area contributed by atoms with Crippen molar-refractivity contribution >= 4 is 27.2 Å². The van der Waals surface area contributed by atoms with Crippen molar-refractivity contribution in [3.63, 3.8) is 0 Å². The van der Waals surface area contributed by atoms with Gasteiger partial charge in [0, 0.05) is 12.2 Å². The Hall–Kier alpha value is -2.08. The molecule has 0 radical (unpaired) electrons. The average molecular weight is 260 g/mol. The van der Waals surface area contributed by atoms with Crippen molar-refractivity contribution in [2.45, 2.75) is 13.5 Å². The lowest BCUT2D eigenvalue weighted by Gasteiger charge is -1.95. The van der Waals surface area contributed by atoms with Crippen molar-refractivity contribution in [1.29, 1.82) is 0 Å². The minimum absolute atomic E-state index is 0.603. The van der Waals surface area contributed by atoms with Gasteiger partial charge >= 0.3 is 0 Å². The normalized spacial score (nSPS) is 10.9. The second-order valence-corrected chi connectivity index (χ2v) is 4.83. The van der Waals surface area contributed by atoms with Crippen LogP contribution in [0.4, 0.5) is 5.69 Å². The minimum Gasteiger partial charge on any atom is -0.428 e. The van der Waals surface area contributed by atoms with Crippen LogP contribution in [0.1, 0.15) is 6.92 Å². The summed E-state index contributed by atoms with van der Waals surface area (Å²) in [5.74, 6) is 0.698. The zero-order valence-corrected chi connectivity index (χ0v) is 10.6.